The summed E-state index contributed by atoms with van der Waals surface area (Å²) < 4.78 is 4.79. The van der Waals surface area contributed by atoms with Gasteiger partial charge in [0.15, 0.2) is 0 Å². The predicted octanol–water partition coefficient (Wildman–Crippen LogP) is 0.266. The smallest absolute Gasteiger partial charge is 0.331 e. The van der Waals surface area contributed by atoms with Crippen LogP contribution in [0, 0.1) is 11.8 Å². The summed E-state index contributed by atoms with van der Waals surface area (Å²) in [5, 5.41) is 8.38. The number of carboxylic acid groups (broad SMARTS) is 1. The molecule has 0 aromatic carbocycles. The van der Waals surface area contributed by atoms with Crippen molar-refractivity contribution in [1.29, 1.82) is 0 Å². The Balaban J connectivity index is 1.55. The Morgan fingerprint density at radius 3 is 2.27 bits per heavy atom. The SMILES string of the molecule is O=C(O)/C=C\C(=O)OCCN1C(=O)C2=C(C1=O)C1CCC2C1. The van der Waals surface area contributed by atoms with E-state index in [9.17, 15) is 19.2 Å². The first kappa shape index (κ1) is 14.5. The summed E-state index contributed by atoms with van der Waals surface area (Å²) >= 11 is 0. The van der Waals surface area contributed by atoms with Gasteiger partial charge in [-0.25, -0.2) is 9.59 Å². The van der Waals surface area contributed by atoms with Crippen LogP contribution >= 0.6 is 0 Å². The zero-order chi connectivity index (χ0) is 15.9. The highest BCUT2D eigenvalue weighted by molar-refractivity contribution is 6.20. The van der Waals surface area contributed by atoms with Gasteiger partial charge in [-0.3, -0.25) is 14.5 Å². The second kappa shape index (κ2) is 5.40. The van der Waals surface area contributed by atoms with Crippen LogP contribution in [-0.4, -0.2) is 46.9 Å². The van der Waals surface area contributed by atoms with Crippen molar-refractivity contribution in [3.05, 3.63) is 23.3 Å². The van der Waals surface area contributed by atoms with Crippen LogP contribution in [0.15, 0.2) is 23.3 Å². The van der Waals surface area contributed by atoms with Crippen molar-refractivity contribution in [2.24, 2.45) is 11.8 Å². The van der Waals surface area contributed by atoms with Crippen LogP contribution in [-0.2, 0) is 23.9 Å². The molecule has 2 atom stereocenters. The number of hydrogen-bond donors (Lipinski definition) is 1. The van der Waals surface area contributed by atoms with Gasteiger partial charge in [0.25, 0.3) is 11.8 Å². The molecule has 0 radical (unpaired) electrons. The highest BCUT2D eigenvalue weighted by Gasteiger charge is 2.51. The molecule has 7 heteroatoms. The fourth-order valence-electron chi connectivity index (χ4n) is 3.54. The molecule has 116 valence electrons. The summed E-state index contributed by atoms with van der Waals surface area (Å²) in [5.41, 5.74) is 1.33. The lowest BCUT2D eigenvalue weighted by molar-refractivity contribution is -0.144. The average Bonchev–Trinajstić information content (AvgIpc) is 3.14. The van der Waals surface area contributed by atoms with Gasteiger partial charge >= 0.3 is 11.9 Å². The van der Waals surface area contributed by atoms with Crippen molar-refractivity contribution < 1.29 is 29.0 Å². The van der Waals surface area contributed by atoms with Crippen LogP contribution in [0.25, 0.3) is 0 Å². The molecule has 1 heterocycles. The normalized spacial score (nSPS) is 26.3. The zero-order valence-corrected chi connectivity index (χ0v) is 11.8. The van der Waals surface area contributed by atoms with E-state index in [1.807, 2.05) is 0 Å². The Morgan fingerprint density at radius 2 is 1.73 bits per heavy atom. The summed E-state index contributed by atoms with van der Waals surface area (Å²) in [4.78, 5) is 47.2. The van der Waals surface area contributed by atoms with E-state index in [0.29, 0.717) is 17.2 Å². The lowest BCUT2D eigenvalue weighted by Gasteiger charge is -2.17. The minimum absolute atomic E-state index is 0.00322. The Morgan fingerprint density at radius 1 is 1.14 bits per heavy atom. The molecular weight excluding hydrogens is 290 g/mol. The molecule has 1 aliphatic heterocycles. The van der Waals surface area contributed by atoms with Gasteiger partial charge in [0.05, 0.1) is 6.54 Å². The van der Waals surface area contributed by atoms with E-state index < -0.39 is 11.9 Å². The molecule has 0 spiro atoms. The third kappa shape index (κ3) is 2.32. The van der Waals surface area contributed by atoms with Crippen LogP contribution in [0.1, 0.15) is 19.3 Å². The first-order chi connectivity index (χ1) is 10.5. The number of hydrogen-bond acceptors (Lipinski definition) is 5. The van der Waals surface area contributed by atoms with Crippen LogP contribution in [0.2, 0.25) is 0 Å². The van der Waals surface area contributed by atoms with Gasteiger partial charge in [-0.05, 0) is 31.1 Å². The number of amides is 2. The highest BCUT2D eigenvalue weighted by Crippen LogP contribution is 2.52. The number of aliphatic carboxylic acids is 1. The van der Waals surface area contributed by atoms with Crippen LogP contribution in [0.4, 0.5) is 0 Å². The topological polar surface area (TPSA) is 101 Å². The molecule has 22 heavy (non-hydrogen) atoms. The third-order valence-corrected chi connectivity index (χ3v) is 4.41. The van der Waals surface area contributed by atoms with E-state index in [2.05, 4.69) is 0 Å². The van der Waals surface area contributed by atoms with E-state index in [-0.39, 0.29) is 36.8 Å². The number of imide groups is 1. The number of carbonyl (C=O) groups excluding carboxylic acids is 3. The van der Waals surface area contributed by atoms with E-state index in [4.69, 9.17) is 9.84 Å². The number of fused-ring (bicyclic) bond motifs is 4. The van der Waals surface area contributed by atoms with E-state index in [0.717, 1.165) is 30.2 Å². The average molecular weight is 305 g/mol. The van der Waals surface area contributed by atoms with E-state index in [1.165, 1.54) is 0 Å². The number of rotatable bonds is 5. The minimum atomic E-state index is -1.25. The van der Waals surface area contributed by atoms with Gasteiger partial charge in [0.1, 0.15) is 6.61 Å². The summed E-state index contributed by atoms with van der Waals surface area (Å²) in [5.74, 6) is -2.17. The van der Waals surface area contributed by atoms with Gasteiger partial charge < -0.3 is 9.84 Å². The molecule has 2 unspecified atom stereocenters. The van der Waals surface area contributed by atoms with Crippen molar-refractivity contribution >= 4 is 23.8 Å². The van der Waals surface area contributed by atoms with Gasteiger partial charge in [-0.1, -0.05) is 0 Å². The number of likely N-dealkylation sites (tertiary alicyclic amines) is 1. The van der Waals surface area contributed by atoms with Crippen molar-refractivity contribution in [1.82, 2.24) is 4.90 Å². The molecule has 0 aromatic rings. The zero-order valence-electron chi connectivity index (χ0n) is 11.8. The van der Waals surface area contributed by atoms with Gasteiger partial charge in [0, 0.05) is 23.3 Å². The second-order valence-corrected chi connectivity index (χ2v) is 5.64. The molecule has 2 bridgehead atoms. The van der Waals surface area contributed by atoms with Crippen molar-refractivity contribution in [2.45, 2.75) is 19.3 Å². The largest absolute Gasteiger partial charge is 0.478 e. The predicted molar refractivity (Wildman–Crippen MR) is 72.3 cm³/mol. The molecule has 3 rings (SSSR count). The lowest BCUT2D eigenvalue weighted by Crippen LogP contribution is -2.36. The molecular formula is C15H15NO6. The monoisotopic (exact) mass is 305 g/mol. The first-order valence-electron chi connectivity index (χ1n) is 7.17. The Bertz CT molecular complexity index is 600. The molecule has 0 saturated heterocycles. The number of ether oxygens (including phenoxy) is 1. The summed E-state index contributed by atoms with van der Waals surface area (Å²) in [6.45, 7) is -0.146. The minimum Gasteiger partial charge on any atom is -0.478 e. The Hall–Kier alpha value is -2.44. The van der Waals surface area contributed by atoms with Crippen molar-refractivity contribution in [3.63, 3.8) is 0 Å². The molecule has 3 aliphatic rings. The van der Waals surface area contributed by atoms with Crippen molar-refractivity contribution in [3.8, 4) is 0 Å². The summed E-state index contributed by atoms with van der Waals surface area (Å²) in [6.07, 6.45) is 4.29. The molecule has 1 N–H and O–H groups in total. The van der Waals surface area contributed by atoms with E-state index in [1.54, 1.807) is 0 Å². The lowest BCUT2D eigenvalue weighted by atomic mass is 9.93. The second-order valence-electron chi connectivity index (χ2n) is 5.64. The van der Waals surface area contributed by atoms with Crippen LogP contribution < -0.4 is 0 Å². The van der Waals surface area contributed by atoms with Gasteiger partial charge in [-0.15, -0.1) is 0 Å². The molecule has 0 aromatic heterocycles. The number of carboxylic acids is 1. The third-order valence-electron chi connectivity index (χ3n) is 4.41. The standard InChI is InChI=1S/C15H15NO6/c17-10(18)3-4-11(19)22-6-5-16-14(20)12-8-1-2-9(7-8)13(12)15(16)21/h3-4,8-9H,1-2,5-7H2,(H,17,18)/b4-3-. The molecule has 1 saturated carbocycles. The Kier molecular flexibility index (Phi) is 3.56. The molecule has 1 fully saturated rings. The fourth-order valence-corrected chi connectivity index (χ4v) is 3.54. The highest BCUT2D eigenvalue weighted by atomic mass is 16.5. The van der Waals surface area contributed by atoms with Crippen molar-refractivity contribution in [2.75, 3.05) is 13.2 Å². The molecule has 2 aliphatic carbocycles. The van der Waals surface area contributed by atoms with Crippen LogP contribution in [0.3, 0.4) is 0 Å². The quantitative estimate of drug-likeness (QED) is 0.444. The Labute approximate surface area is 126 Å². The number of nitrogens with zero attached hydrogens (tertiary/aromatic N) is 1. The number of esters is 1. The van der Waals surface area contributed by atoms with E-state index >= 15 is 0 Å². The summed E-state index contributed by atoms with van der Waals surface area (Å²) in [6, 6.07) is 0. The maximum atomic E-state index is 12.3. The molecule has 7 nitrogen and oxygen atoms in total. The number of carbonyl (C=O) groups is 4. The maximum absolute atomic E-state index is 12.3. The maximum Gasteiger partial charge on any atom is 0.331 e. The fraction of sp³-hybridized carbons (Fsp3) is 0.467. The molecule has 2 amide bonds. The first-order valence-corrected chi connectivity index (χ1v) is 7.17. The van der Waals surface area contributed by atoms with Gasteiger partial charge in [-0.2, -0.15) is 0 Å². The summed E-state index contributed by atoms with van der Waals surface area (Å²) in [7, 11) is 0. The van der Waals surface area contributed by atoms with Crippen LogP contribution in [0.5, 0.6) is 0 Å². The van der Waals surface area contributed by atoms with Gasteiger partial charge in [0.2, 0.25) is 0 Å².